The predicted octanol–water partition coefficient (Wildman–Crippen LogP) is 3.56. The van der Waals surface area contributed by atoms with Gasteiger partial charge in [0.05, 0.1) is 12.3 Å². The van der Waals surface area contributed by atoms with Gasteiger partial charge < -0.3 is 10.2 Å². The standard InChI is InChI=1S/C21H30N2O3S/c1-3-4-5-9-16(2)21(26)22-14-20(25)27-15-19(24)23-13-8-11-17-10-6-7-12-18(17)23/h6-7,10,12,16H,3-5,8-9,11,13-15H2,1-2H3,(H,22,26)/t16-/m0/s1. The van der Waals surface area contributed by atoms with Crippen LogP contribution in [0.25, 0.3) is 0 Å². The maximum atomic E-state index is 12.5. The number of nitrogens with one attached hydrogen (secondary N) is 1. The molecular weight excluding hydrogens is 360 g/mol. The van der Waals surface area contributed by atoms with Gasteiger partial charge in [0, 0.05) is 18.2 Å². The number of thioether (sulfide) groups is 1. The van der Waals surface area contributed by atoms with E-state index in [0.29, 0.717) is 6.54 Å². The summed E-state index contributed by atoms with van der Waals surface area (Å²) in [5, 5.41) is 2.52. The third kappa shape index (κ3) is 6.69. The van der Waals surface area contributed by atoms with Crippen LogP contribution in [-0.2, 0) is 20.8 Å². The molecular formula is C21H30N2O3S. The van der Waals surface area contributed by atoms with Gasteiger partial charge in [-0.2, -0.15) is 0 Å². The molecule has 0 unspecified atom stereocenters. The van der Waals surface area contributed by atoms with Crippen molar-refractivity contribution in [1.82, 2.24) is 5.32 Å². The lowest BCUT2D eigenvalue weighted by molar-refractivity contribution is -0.126. The minimum Gasteiger partial charge on any atom is -0.348 e. The largest absolute Gasteiger partial charge is 0.348 e. The van der Waals surface area contributed by atoms with E-state index in [1.54, 1.807) is 4.90 Å². The molecule has 2 amide bonds. The molecule has 148 valence electrons. The van der Waals surface area contributed by atoms with Crippen LogP contribution in [0.15, 0.2) is 24.3 Å². The van der Waals surface area contributed by atoms with Crippen molar-refractivity contribution in [3.63, 3.8) is 0 Å². The summed E-state index contributed by atoms with van der Waals surface area (Å²) >= 11 is 0.983. The van der Waals surface area contributed by atoms with E-state index in [0.717, 1.165) is 56.0 Å². The number of anilines is 1. The summed E-state index contributed by atoms with van der Waals surface area (Å²) in [7, 11) is 0. The Morgan fingerprint density at radius 3 is 2.78 bits per heavy atom. The summed E-state index contributed by atoms with van der Waals surface area (Å²) < 4.78 is 0. The van der Waals surface area contributed by atoms with E-state index in [1.165, 1.54) is 5.56 Å². The Morgan fingerprint density at radius 2 is 2.00 bits per heavy atom. The minimum absolute atomic E-state index is 0.0223. The molecule has 0 fully saturated rings. The van der Waals surface area contributed by atoms with Gasteiger partial charge in [0.25, 0.3) is 0 Å². The maximum Gasteiger partial charge on any atom is 0.237 e. The summed E-state index contributed by atoms with van der Waals surface area (Å²) in [6, 6.07) is 7.92. The highest BCUT2D eigenvalue weighted by molar-refractivity contribution is 8.14. The fraction of sp³-hybridized carbons (Fsp3) is 0.571. The predicted molar refractivity (Wildman–Crippen MR) is 111 cm³/mol. The molecule has 27 heavy (non-hydrogen) atoms. The van der Waals surface area contributed by atoms with Gasteiger partial charge in [-0.25, -0.2) is 0 Å². The molecule has 1 aliphatic rings. The molecule has 1 aliphatic heterocycles. The van der Waals surface area contributed by atoms with Gasteiger partial charge in [-0.3, -0.25) is 14.4 Å². The number of carbonyl (C=O) groups is 3. The number of hydrogen-bond acceptors (Lipinski definition) is 4. The molecule has 1 aromatic rings. The van der Waals surface area contributed by atoms with E-state index in [-0.39, 0.29) is 35.1 Å². The van der Waals surface area contributed by atoms with E-state index >= 15 is 0 Å². The Kier molecular flexibility index (Phi) is 8.85. The van der Waals surface area contributed by atoms with Crippen molar-refractivity contribution in [3.8, 4) is 0 Å². The number of carbonyl (C=O) groups excluding carboxylic acids is 3. The lowest BCUT2D eigenvalue weighted by Crippen LogP contribution is -2.37. The molecule has 1 atom stereocenters. The zero-order valence-electron chi connectivity index (χ0n) is 16.3. The Labute approximate surface area is 166 Å². The molecule has 6 heteroatoms. The van der Waals surface area contributed by atoms with Crippen LogP contribution in [0.4, 0.5) is 5.69 Å². The van der Waals surface area contributed by atoms with Crippen LogP contribution in [0.1, 0.15) is 51.5 Å². The molecule has 0 spiro atoms. The van der Waals surface area contributed by atoms with Crippen molar-refractivity contribution in [3.05, 3.63) is 29.8 Å². The lowest BCUT2D eigenvalue weighted by atomic mass is 10.0. The van der Waals surface area contributed by atoms with E-state index in [9.17, 15) is 14.4 Å². The van der Waals surface area contributed by atoms with Gasteiger partial charge in [0.15, 0.2) is 0 Å². The summed E-state index contributed by atoms with van der Waals surface area (Å²) in [5.41, 5.74) is 2.13. The Bertz CT molecular complexity index is 663. The number of benzene rings is 1. The van der Waals surface area contributed by atoms with Gasteiger partial charge in [0.1, 0.15) is 0 Å². The van der Waals surface area contributed by atoms with E-state index in [4.69, 9.17) is 0 Å². The molecule has 0 bridgehead atoms. The van der Waals surface area contributed by atoms with Gasteiger partial charge in [-0.1, -0.05) is 63.1 Å². The zero-order chi connectivity index (χ0) is 19.6. The molecule has 0 radical (unpaired) electrons. The van der Waals surface area contributed by atoms with E-state index < -0.39 is 0 Å². The fourth-order valence-electron chi connectivity index (χ4n) is 3.23. The molecule has 5 nitrogen and oxygen atoms in total. The average molecular weight is 391 g/mol. The van der Waals surface area contributed by atoms with Gasteiger partial charge >= 0.3 is 0 Å². The molecule has 1 aromatic carbocycles. The topological polar surface area (TPSA) is 66.5 Å². The molecule has 0 aliphatic carbocycles. The number of hydrogen-bond donors (Lipinski definition) is 1. The smallest absolute Gasteiger partial charge is 0.237 e. The van der Waals surface area contributed by atoms with Crippen molar-refractivity contribution < 1.29 is 14.4 Å². The van der Waals surface area contributed by atoms with Crippen molar-refractivity contribution in [1.29, 1.82) is 0 Å². The van der Waals surface area contributed by atoms with E-state index in [1.807, 2.05) is 31.2 Å². The highest BCUT2D eigenvalue weighted by Crippen LogP contribution is 2.27. The first-order valence-electron chi connectivity index (χ1n) is 9.84. The Hall–Kier alpha value is -1.82. The number of amides is 2. The molecule has 1 N–H and O–H groups in total. The van der Waals surface area contributed by atoms with Gasteiger partial charge in [-0.05, 0) is 30.9 Å². The third-order valence-corrected chi connectivity index (χ3v) is 5.72. The van der Waals surface area contributed by atoms with Crippen molar-refractivity contribution >= 4 is 34.4 Å². The average Bonchev–Trinajstić information content (AvgIpc) is 2.69. The number of fused-ring (bicyclic) bond motifs is 1. The molecule has 0 saturated carbocycles. The molecule has 1 heterocycles. The number of aryl methyl sites for hydroxylation is 1. The number of unbranched alkanes of at least 4 members (excludes halogenated alkanes) is 2. The van der Waals surface area contributed by atoms with Crippen molar-refractivity contribution in [2.24, 2.45) is 5.92 Å². The van der Waals surface area contributed by atoms with Gasteiger partial charge in [-0.15, -0.1) is 0 Å². The summed E-state index contributed by atoms with van der Waals surface area (Å²) in [6.07, 6.45) is 6.03. The SMILES string of the molecule is CCCCC[C@H](C)C(=O)NCC(=O)SCC(=O)N1CCCc2ccccc21. The second-order valence-corrected chi connectivity index (χ2v) is 8.09. The summed E-state index contributed by atoms with van der Waals surface area (Å²) in [6.45, 7) is 4.69. The second kappa shape index (κ2) is 11.1. The van der Waals surface area contributed by atoms with Crippen LogP contribution in [-0.4, -0.2) is 35.8 Å². The number of para-hydroxylation sites is 1. The Balaban J connectivity index is 1.73. The van der Waals surface area contributed by atoms with Crippen LogP contribution in [0.5, 0.6) is 0 Å². The highest BCUT2D eigenvalue weighted by Gasteiger charge is 2.23. The summed E-state index contributed by atoms with van der Waals surface area (Å²) in [4.78, 5) is 38.4. The normalized spacial score (nSPS) is 14.4. The number of nitrogens with zero attached hydrogens (tertiary/aromatic N) is 1. The van der Waals surface area contributed by atoms with Crippen molar-refractivity contribution in [2.75, 3.05) is 23.7 Å². The van der Waals surface area contributed by atoms with Gasteiger partial charge in [0.2, 0.25) is 16.9 Å². The van der Waals surface area contributed by atoms with Crippen LogP contribution >= 0.6 is 11.8 Å². The monoisotopic (exact) mass is 390 g/mol. The third-order valence-electron chi connectivity index (χ3n) is 4.86. The van der Waals surface area contributed by atoms with Crippen LogP contribution < -0.4 is 10.2 Å². The highest BCUT2D eigenvalue weighted by atomic mass is 32.2. The second-order valence-electron chi connectivity index (χ2n) is 7.05. The van der Waals surface area contributed by atoms with E-state index in [2.05, 4.69) is 12.2 Å². The molecule has 2 rings (SSSR count). The maximum absolute atomic E-state index is 12.5. The zero-order valence-corrected chi connectivity index (χ0v) is 17.1. The minimum atomic E-state index is -0.178. The fourth-order valence-corrected chi connectivity index (χ4v) is 3.84. The Morgan fingerprint density at radius 1 is 1.22 bits per heavy atom. The first-order valence-corrected chi connectivity index (χ1v) is 10.8. The van der Waals surface area contributed by atoms with Crippen LogP contribution in [0.3, 0.4) is 0 Å². The quantitative estimate of drug-likeness (QED) is 0.655. The molecule has 0 aromatic heterocycles. The lowest BCUT2D eigenvalue weighted by Gasteiger charge is -2.29. The van der Waals surface area contributed by atoms with Crippen molar-refractivity contribution in [2.45, 2.75) is 52.4 Å². The van der Waals surface area contributed by atoms with Crippen LogP contribution in [0.2, 0.25) is 0 Å². The first-order chi connectivity index (χ1) is 13.0. The number of rotatable bonds is 9. The first kappa shape index (κ1) is 21.5. The summed E-state index contributed by atoms with van der Waals surface area (Å²) in [5.74, 6) is -0.119. The van der Waals surface area contributed by atoms with Crippen LogP contribution in [0, 0.1) is 5.92 Å². The molecule has 0 saturated heterocycles.